The van der Waals surface area contributed by atoms with E-state index in [1.54, 1.807) is 0 Å². The number of nitrogens with zero attached hydrogens (tertiary/aromatic N) is 1. The van der Waals surface area contributed by atoms with Crippen LogP contribution in [-0.2, 0) is 4.74 Å². The van der Waals surface area contributed by atoms with Gasteiger partial charge in [-0.25, -0.2) is 0 Å². The topological polar surface area (TPSA) is 38.8 Å². The van der Waals surface area contributed by atoms with E-state index < -0.39 is 0 Å². The molecular formula is C15H19NO3Se. The van der Waals surface area contributed by atoms with Crippen LogP contribution in [0.1, 0.15) is 16.2 Å². The van der Waals surface area contributed by atoms with Crippen LogP contribution in [0, 0.1) is 0 Å². The SMILES string of the molecule is CCOC(=O)c1cc2cc(OCCN(C)C)ccc2[se]1. The van der Waals surface area contributed by atoms with Crippen LogP contribution in [0.5, 0.6) is 5.75 Å². The predicted molar refractivity (Wildman–Crippen MR) is 80.9 cm³/mol. The molecule has 1 heterocycles. The van der Waals surface area contributed by atoms with Crippen molar-refractivity contribution in [2.24, 2.45) is 0 Å². The summed E-state index contributed by atoms with van der Waals surface area (Å²) in [7, 11) is 4.03. The van der Waals surface area contributed by atoms with Gasteiger partial charge >= 0.3 is 125 Å². The van der Waals surface area contributed by atoms with E-state index in [4.69, 9.17) is 9.47 Å². The molecule has 0 radical (unpaired) electrons. The maximum absolute atomic E-state index is 11.7. The predicted octanol–water partition coefficient (Wildman–Crippen LogP) is 2.01. The molecule has 2 rings (SSSR count). The number of carbonyl (C=O) groups is 1. The molecule has 0 aliphatic heterocycles. The van der Waals surface area contributed by atoms with Gasteiger partial charge in [-0.3, -0.25) is 0 Å². The third kappa shape index (κ3) is 3.85. The molecule has 0 spiro atoms. The van der Waals surface area contributed by atoms with Gasteiger partial charge in [0.05, 0.1) is 0 Å². The molecule has 0 saturated heterocycles. The van der Waals surface area contributed by atoms with E-state index in [1.165, 1.54) is 4.26 Å². The monoisotopic (exact) mass is 341 g/mol. The van der Waals surface area contributed by atoms with Crippen LogP contribution in [-0.4, -0.2) is 59.2 Å². The Bertz CT molecular complexity index is 592. The van der Waals surface area contributed by atoms with Crippen LogP contribution in [0.15, 0.2) is 24.3 Å². The zero-order chi connectivity index (χ0) is 14.5. The molecule has 1 aromatic carbocycles. The number of fused-ring (bicyclic) bond motifs is 1. The van der Waals surface area contributed by atoms with Gasteiger partial charge in [-0.1, -0.05) is 0 Å². The van der Waals surface area contributed by atoms with Gasteiger partial charge in [0.25, 0.3) is 0 Å². The van der Waals surface area contributed by atoms with Crippen LogP contribution in [0.25, 0.3) is 9.65 Å². The fraction of sp³-hybridized carbons (Fsp3) is 0.400. The van der Waals surface area contributed by atoms with E-state index in [-0.39, 0.29) is 20.5 Å². The first-order chi connectivity index (χ1) is 9.60. The molecule has 0 unspecified atom stereocenters. The van der Waals surface area contributed by atoms with Gasteiger partial charge in [0.1, 0.15) is 0 Å². The summed E-state index contributed by atoms with van der Waals surface area (Å²) >= 11 is 0.0454. The average Bonchev–Trinajstić information content (AvgIpc) is 2.81. The first kappa shape index (κ1) is 15.1. The molecule has 2 aromatic rings. The van der Waals surface area contributed by atoms with Crippen molar-refractivity contribution in [1.82, 2.24) is 4.90 Å². The summed E-state index contributed by atoms with van der Waals surface area (Å²) < 4.78 is 12.7. The van der Waals surface area contributed by atoms with Crippen molar-refractivity contribution in [3.63, 3.8) is 0 Å². The van der Waals surface area contributed by atoms with E-state index in [0.29, 0.717) is 13.2 Å². The molecule has 0 amide bonds. The Balaban J connectivity index is 2.11. The number of benzene rings is 1. The molecule has 0 aliphatic rings. The zero-order valence-corrected chi connectivity index (χ0v) is 13.7. The molecular weight excluding hydrogens is 321 g/mol. The van der Waals surface area contributed by atoms with E-state index in [2.05, 4.69) is 4.90 Å². The van der Waals surface area contributed by atoms with Gasteiger partial charge in [-0.2, -0.15) is 0 Å². The second-order valence-electron chi connectivity index (χ2n) is 4.68. The van der Waals surface area contributed by atoms with Crippen LogP contribution in [0.4, 0.5) is 0 Å². The molecule has 0 bridgehead atoms. The second-order valence-corrected chi connectivity index (χ2v) is 6.96. The molecule has 0 aliphatic carbocycles. The van der Waals surface area contributed by atoms with Crippen molar-refractivity contribution in [1.29, 1.82) is 0 Å². The normalized spacial score (nSPS) is 11.0. The van der Waals surface area contributed by atoms with Gasteiger partial charge < -0.3 is 0 Å². The summed E-state index contributed by atoms with van der Waals surface area (Å²) in [4.78, 5) is 13.8. The van der Waals surface area contributed by atoms with Gasteiger partial charge in [-0.15, -0.1) is 0 Å². The number of likely N-dealkylation sites (N-methyl/N-ethyl adjacent to an activating group) is 1. The Morgan fingerprint density at radius 3 is 2.80 bits per heavy atom. The Kier molecular flexibility index (Phi) is 5.23. The molecule has 1 aromatic heterocycles. The molecule has 0 atom stereocenters. The molecule has 0 N–H and O–H groups in total. The van der Waals surface area contributed by atoms with Gasteiger partial charge in [0.15, 0.2) is 0 Å². The Morgan fingerprint density at radius 2 is 2.10 bits per heavy atom. The molecule has 20 heavy (non-hydrogen) atoms. The van der Waals surface area contributed by atoms with Crippen molar-refractivity contribution in [3.8, 4) is 5.75 Å². The summed E-state index contributed by atoms with van der Waals surface area (Å²) in [5.74, 6) is 0.654. The third-order valence-corrected chi connectivity index (χ3v) is 5.07. The zero-order valence-electron chi connectivity index (χ0n) is 12.0. The van der Waals surface area contributed by atoms with E-state index in [9.17, 15) is 4.79 Å². The van der Waals surface area contributed by atoms with Gasteiger partial charge in [0.2, 0.25) is 0 Å². The molecule has 4 nitrogen and oxygen atoms in total. The molecule has 0 fully saturated rings. The fourth-order valence-corrected chi connectivity index (χ4v) is 3.73. The number of carbonyl (C=O) groups excluding carboxylic acids is 1. The molecule has 5 heteroatoms. The molecule has 108 valence electrons. The van der Waals surface area contributed by atoms with Crippen molar-refractivity contribution < 1.29 is 14.3 Å². The van der Waals surface area contributed by atoms with E-state index in [1.807, 2.05) is 45.3 Å². The second kappa shape index (κ2) is 6.93. The summed E-state index contributed by atoms with van der Waals surface area (Å²) in [5, 5.41) is 1.08. The standard InChI is InChI=1S/C15H19NO3Se/c1-4-18-15(17)14-10-11-9-12(5-6-13(11)20-14)19-8-7-16(2)3/h5-6,9-10H,4,7-8H2,1-3H3. The fourth-order valence-electron chi connectivity index (χ4n) is 1.76. The Morgan fingerprint density at radius 1 is 1.30 bits per heavy atom. The Hall–Kier alpha value is -1.29. The van der Waals surface area contributed by atoms with Gasteiger partial charge in [-0.05, 0) is 0 Å². The van der Waals surface area contributed by atoms with E-state index in [0.717, 1.165) is 22.1 Å². The number of rotatable bonds is 6. The minimum atomic E-state index is -0.196. The first-order valence-electron chi connectivity index (χ1n) is 6.58. The first-order valence-corrected chi connectivity index (χ1v) is 8.29. The van der Waals surface area contributed by atoms with Crippen LogP contribution < -0.4 is 4.74 Å². The van der Waals surface area contributed by atoms with Crippen molar-refractivity contribution in [2.45, 2.75) is 6.92 Å². The summed E-state index contributed by atoms with van der Waals surface area (Å²) in [6.07, 6.45) is 0. The number of hydrogen-bond acceptors (Lipinski definition) is 4. The number of hydrogen-bond donors (Lipinski definition) is 0. The minimum absolute atomic E-state index is 0.0454. The average molecular weight is 340 g/mol. The van der Waals surface area contributed by atoms with Crippen molar-refractivity contribution in [2.75, 3.05) is 33.9 Å². The molecule has 0 saturated carbocycles. The Labute approximate surface area is 125 Å². The third-order valence-electron chi connectivity index (χ3n) is 2.77. The maximum atomic E-state index is 11.7. The quantitative estimate of drug-likeness (QED) is 0.596. The van der Waals surface area contributed by atoms with Crippen LogP contribution in [0.3, 0.4) is 0 Å². The number of esters is 1. The summed E-state index contributed by atoms with van der Waals surface area (Å²) in [5.41, 5.74) is 0. The van der Waals surface area contributed by atoms with Crippen LogP contribution >= 0.6 is 0 Å². The van der Waals surface area contributed by atoms with E-state index >= 15 is 0 Å². The summed E-state index contributed by atoms with van der Waals surface area (Å²) in [6, 6.07) is 7.94. The van der Waals surface area contributed by atoms with Crippen molar-refractivity contribution >= 4 is 30.1 Å². The van der Waals surface area contributed by atoms with Crippen molar-refractivity contribution in [3.05, 3.63) is 28.7 Å². The summed E-state index contributed by atoms with van der Waals surface area (Å²) in [6.45, 7) is 3.78. The number of ether oxygens (including phenoxy) is 2. The van der Waals surface area contributed by atoms with Gasteiger partial charge in [0, 0.05) is 0 Å². The van der Waals surface area contributed by atoms with Crippen LogP contribution in [0.2, 0.25) is 0 Å².